The van der Waals surface area contributed by atoms with Crippen molar-refractivity contribution in [3.63, 3.8) is 0 Å². The summed E-state index contributed by atoms with van der Waals surface area (Å²) in [5, 5.41) is 3.12. The molecule has 1 atom stereocenters. The SMILES string of the molecule is Cc1cc(C(=O)N[C@H](C)CCc2ccccc2)c2c(=O)n(C)c(=O)n(C)c2n1. The summed E-state index contributed by atoms with van der Waals surface area (Å²) in [6.45, 7) is 3.67. The molecule has 0 aliphatic carbocycles. The van der Waals surface area contributed by atoms with Crippen LogP contribution >= 0.6 is 0 Å². The van der Waals surface area contributed by atoms with Gasteiger partial charge in [0.2, 0.25) is 0 Å². The third-order valence-electron chi connectivity index (χ3n) is 4.87. The first-order valence-electron chi connectivity index (χ1n) is 9.21. The first-order chi connectivity index (χ1) is 13.3. The number of hydrogen-bond donors (Lipinski definition) is 1. The van der Waals surface area contributed by atoms with Crippen molar-refractivity contribution in [3.8, 4) is 0 Å². The fourth-order valence-corrected chi connectivity index (χ4v) is 3.26. The standard InChI is InChI=1S/C21H24N4O3/c1-13(10-11-15-8-6-5-7-9-15)23-19(26)16-12-14(2)22-18-17(16)20(27)25(4)21(28)24(18)3/h5-9,12-13H,10-11H2,1-4H3,(H,23,26)/t13-/m1/s1. The van der Waals surface area contributed by atoms with Gasteiger partial charge in [0.15, 0.2) is 0 Å². The van der Waals surface area contributed by atoms with E-state index >= 15 is 0 Å². The molecule has 0 spiro atoms. The van der Waals surface area contributed by atoms with Crippen LogP contribution in [0.5, 0.6) is 0 Å². The molecule has 0 aliphatic heterocycles. The summed E-state index contributed by atoms with van der Waals surface area (Å²) in [5.74, 6) is -0.341. The van der Waals surface area contributed by atoms with Gasteiger partial charge in [-0.05, 0) is 38.3 Å². The molecule has 0 unspecified atom stereocenters. The van der Waals surface area contributed by atoms with E-state index in [0.29, 0.717) is 5.69 Å². The number of fused-ring (bicyclic) bond motifs is 1. The van der Waals surface area contributed by atoms with E-state index in [1.54, 1.807) is 20.0 Å². The van der Waals surface area contributed by atoms with Crippen LogP contribution < -0.4 is 16.6 Å². The van der Waals surface area contributed by atoms with Crippen molar-refractivity contribution in [3.05, 3.63) is 74.1 Å². The molecule has 146 valence electrons. The molecule has 7 heteroatoms. The Hall–Kier alpha value is -3.22. The number of nitrogens with one attached hydrogen (secondary N) is 1. The predicted octanol–water partition coefficient (Wildman–Crippen LogP) is 1.69. The molecule has 1 N–H and O–H groups in total. The lowest BCUT2D eigenvalue weighted by atomic mass is 10.1. The van der Waals surface area contributed by atoms with Crippen LogP contribution in [-0.2, 0) is 20.5 Å². The molecule has 2 heterocycles. The Balaban J connectivity index is 1.91. The lowest BCUT2D eigenvalue weighted by Crippen LogP contribution is -2.39. The summed E-state index contributed by atoms with van der Waals surface area (Å²) in [7, 11) is 2.94. The lowest BCUT2D eigenvalue weighted by molar-refractivity contribution is 0.0940. The summed E-state index contributed by atoms with van der Waals surface area (Å²) >= 11 is 0. The fraction of sp³-hybridized carbons (Fsp3) is 0.333. The normalized spacial score (nSPS) is 12.1. The largest absolute Gasteiger partial charge is 0.350 e. The quantitative estimate of drug-likeness (QED) is 0.730. The molecule has 0 saturated heterocycles. The molecule has 0 radical (unpaired) electrons. The van der Waals surface area contributed by atoms with E-state index in [2.05, 4.69) is 22.4 Å². The summed E-state index contributed by atoms with van der Waals surface area (Å²) in [6.07, 6.45) is 1.61. The van der Waals surface area contributed by atoms with Crippen molar-refractivity contribution in [2.75, 3.05) is 0 Å². The number of hydrogen-bond acceptors (Lipinski definition) is 4. The molecule has 7 nitrogen and oxygen atoms in total. The molecule has 28 heavy (non-hydrogen) atoms. The van der Waals surface area contributed by atoms with E-state index in [0.717, 1.165) is 17.4 Å². The zero-order chi connectivity index (χ0) is 20.4. The minimum Gasteiger partial charge on any atom is -0.350 e. The van der Waals surface area contributed by atoms with Crippen LogP contribution in [-0.4, -0.2) is 26.1 Å². The van der Waals surface area contributed by atoms with Crippen molar-refractivity contribution in [2.24, 2.45) is 14.1 Å². The highest BCUT2D eigenvalue weighted by atomic mass is 16.2. The van der Waals surface area contributed by atoms with Crippen molar-refractivity contribution < 1.29 is 4.79 Å². The van der Waals surface area contributed by atoms with Crippen molar-refractivity contribution in [2.45, 2.75) is 32.7 Å². The number of aryl methyl sites for hydroxylation is 3. The molecule has 3 aromatic rings. The molecule has 1 aromatic carbocycles. The summed E-state index contributed by atoms with van der Waals surface area (Å²) in [5.41, 5.74) is 1.24. The van der Waals surface area contributed by atoms with Crippen molar-refractivity contribution in [1.82, 2.24) is 19.4 Å². The molecule has 0 saturated carbocycles. The van der Waals surface area contributed by atoms with E-state index < -0.39 is 11.2 Å². The first kappa shape index (κ1) is 19.5. The van der Waals surface area contributed by atoms with Gasteiger partial charge in [-0.2, -0.15) is 0 Å². The zero-order valence-electron chi connectivity index (χ0n) is 16.5. The van der Waals surface area contributed by atoms with Gasteiger partial charge in [0, 0.05) is 25.8 Å². The van der Waals surface area contributed by atoms with Gasteiger partial charge in [0.1, 0.15) is 5.65 Å². The van der Waals surface area contributed by atoms with Crippen LogP contribution in [0.15, 0.2) is 46.0 Å². The highest BCUT2D eigenvalue weighted by Gasteiger charge is 2.20. The van der Waals surface area contributed by atoms with Gasteiger partial charge < -0.3 is 5.32 Å². The van der Waals surface area contributed by atoms with Gasteiger partial charge >= 0.3 is 5.69 Å². The number of rotatable bonds is 5. The number of nitrogens with zero attached hydrogens (tertiary/aromatic N) is 3. The van der Waals surface area contributed by atoms with Crippen LogP contribution in [0, 0.1) is 6.92 Å². The molecule has 3 rings (SSSR count). The Morgan fingerprint density at radius 1 is 1.14 bits per heavy atom. The summed E-state index contributed by atoms with van der Waals surface area (Å²) < 4.78 is 2.29. The van der Waals surface area contributed by atoms with Gasteiger partial charge in [-0.25, -0.2) is 9.78 Å². The molecule has 0 bridgehead atoms. The number of carbonyl (C=O) groups excluding carboxylic acids is 1. The van der Waals surface area contributed by atoms with Gasteiger partial charge in [-0.15, -0.1) is 0 Å². The molecular weight excluding hydrogens is 356 g/mol. The Bertz CT molecular complexity index is 1150. The van der Waals surface area contributed by atoms with Crippen LogP contribution in [0.2, 0.25) is 0 Å². The Labute approximate surface area is 162 Å². The Morgan fingerprint density at radius 2 is 1.82 bits per heavy atom. The van der Waals surface area contributed by atoms with Crippen LogP contribution in [0.4, 0.5) is 0 Å². The molecule has 2 aromatic heterocycles. The number of pyridine rings is 1. The Kier molecular flexibility index (Phi) is 5.44. The van der Waals surface area contributed by atoms with E-state index in [4.69, 9.17) is 0 Å². The summed E-state index contributed by atoms with van der Waals surface area (Å²) in [4.78, 5) is 42.1. The number of aromatic nitrogens is 3. The van der Waals surface area contributed by atoms with E-state index in [1.807, 2.05) is 25.1 Å². The van der Waals surface area contributed by atoms with E-state index in [-0.39, 0.29) is 28.5 Å². The molecule has 0 fully saturated rings. The van der Waals surface area contributed by atoms with Gasteiger partial charge in [0.05, 0.1) is 10.9 Å². The number of carbonyl (C=O) groups is 1. The highest BCUT2D eigenvalue weighted by molar-refractivity contribution is 6.05. The van der Waals surface area contributed by atoms with Crippen LogP contribution in [0.3, 0.4) is 0 Å². The summed E-state index contributed by atoms with van der Waals surface area (Å²) in [6, 6.07) is 11.6. The predicted molar refractivity (Wildman–Crippen MR) is 109 cm³/mol. The van der Waals surface area contributed by atoms with Gasteiger partial charge in [-0.3, -0.25) is 18.7 Å². The van der Waals surface area contributed by atoms with Crippen LogP contribution in [0.1, 0.15) is 35.0 Å². The van der Waals surface area contributed by atoms with Gasteiger partial charge in [0.25, 0.3) is 11.5 Å². The fourth-order valence-electron chi connectivity index (χ4n) is 3.26. The smallest absolute Gasteiger partial charge is 0.332 e. The first-order valence-corrected chi connectivity index (χ1v) is 9.21. The third-order valence-corrected chi connectivity index (χ3v) is 4.87. The minimum atomic E-state index is -0.521. The number of amides is 1. The monoisotopic (exact) mass is 380 g/mol. The Morgan fingerprint density at radius 3 is 2.50 bits per heavy atom. The minimum absolute atomic E-state index is 0.0763. The van der Waals surface area contributed by atoms with Gasteiger partial charge in [-0.1, -0.05) is 30.3 Å². The second-order valence-corrected chi connectivity index (χ2v) is 7.11. The van der Waals surface area contributed by atoms with Crippen molar-refractivity contribution >= 4 is 16.9 Å². The zero-order valence-corrected chi connectivity index (χ0v) is 16.5. The molecule has 0 aliphatic rings. The number of benzene rings is 1. The lowest BCUT2D eigenvalue weighted by Gasteiger charge is -2.16. The molecule has 1 amide bonds. The average Bonchev–Trinajstić information content (AvgIpc) is 2.69. The molecular formula is C21H24N4O3. The maximum absolute atomic E-state index is 12.9. The van der Waals surface area contributed by atoms with Crippen LogP contribution in [0.25, 0.3) is 11.0 Å². The maximum atomic E-state index is 12.9. The second kappa shape index (κ2) is 7.80. The maximum Gasteiger partial charge on any atom is 0.332 e. The second-order valence-electron chi connectivity index (χ2n) is 7.11. The highest BCUT2D eigenvalue weighted by Crippen LogP contribution is 2.14. The average molecular weight is 380 g/mol. The van der Waals surface area contributed by atoms with Crippen molar-refractivity contribution in [1.29, 1.82) is 0 Å². The topological polar surface area (TPSA) is 86.0 Å². The van der Waals surface area contributed by atoms with E-state index in [9.17, 15) is 14.4 Å². The van der Waals surface area contributed by atoms with E-state index in [1.165, 1.54) is 17.2 Å². The third kappa shape index (κ3) is 3.74.